The number of likely N-dealkylation sites (N-methyl/N-ethyl adjacent to an activating group) is 1. The van der Waals surface area contributed by atoms with Crippen molar-refractivity contribution in [1.29, 1.82) is 0 Å². The Morgan fingerprint density at radius 2 is 1.50 bits per heavy atom. The summed E-state index contributed by atoms with van der Waals surface area (Å²) in [4.78, 5) is 28.6. The smallest absolute Gasteiger partial charge is 0.337 e. The van der Waals surface area contributed by atoms with Crippen molar-refractivity contribution in [2.24, 2.45) is 0 Å². The third-order valence-electron chi connectivity index (χ3n) is 5.57. The highest BCUT2D eigenvalue weighted by atomic mass is 16.5. The monoisotopic (exact) mass is 409 g/mol. The van der Waals surface area contributed by atoms with E-state index in [1.807, 2.05) is 24.3 Å². The minimum atomic E-state index is -0.355. The molecule has 0 unspecified atom stereocenters. The highest BCUT2D eigenvalue weighted by molar-refractivity contribution is 5.91. The van der Waals surface area contributed by atoms with E-state index < -0.39 is 0 Å². The van der Waals surface area contributed by atoms with Gasteiger partial charge in [-0.15, -0.1) is 0 Å². The van der Waals surface area contributed by atoms with E-state index in [1.54, 1.807) is 12.1 Å². The average Bonchev–Trinajstić information content (AvgIpc) is 2.78. The van der Waals surface area contributed by atoms with Gasteiger partial charge in [0.15, 0.2) is 0 Å². The molecule has 1 saturated heterocycles. The highest BCUT2D eigenvalue weighted by Crippen LogP contribution is 2.13. The minimum Gasteiger partial charge on any atom is -0.465 e. The number of carbonyl (C=O) groups is 2. The maximum Gasteiger partial charge on any atom is 0.337 e. The number of ether oxygens (including phenoxy) is 1. The van der Waals surface area contributed by atoms with Crippen LogP contribution in [0.3, 0.4) is 0 Å². The molecule has 6 heteroatoms. The van der Waals surface area contributed by atoms with Crippen molar-refractivity contribution in [2.75, 3.05) is 52.2 Å². The lowest BCUT2D eigenvalue weighted by molar-refractivity contribution is -0.116. The summed E-state index contributed by atoms with van der Waals surface area (Å²) < 4.78 is 4.69. The standard InChI is InChI=1S/C24H31N3O3/c1-26-15-17-27(18-16-26)14-13-20-5-10-22(11-6-20)25-23(28)12-7-19-3-8-21(9-4-19)24(29)30-2/h3-6,8-11H,7,12-18H2,1-2H3,(H,25,28). The molecule has 1 amide bonds. The van der Waals surface area contributed by atoms with E-state index in [2.05, 4.69) is 34.3 Å². The van der Waals surface area contributed by atoms with E-state index in [-0.39, 0.29) is 11.9 Å². The molecule has 0 bridgehead atoms. The molecule has 1 fully saturated rings. The topological polar surface area (TPSA) is 61.9 Å². The van der Waals surface area contributed by atoms with Crippen molar-refractivity contribution in [2.45, 2.75) is 19.3 Å². The molecule has 1 aliphatic rings. The molecule has 0 saturated carbocycles. The van der Waals surface area contributed by atoms with Crippen LogP contribution in [0.2, 0.25) is 0 Å². The van der Waals surface area contributed by atoms with Crippen molar-refractivity contribution in [1.82, 2.24) is 9.80 Å². The van der Waals surface area contributed by atoms with Crippen LogP contribution in [0.5, 0.6) is 0 Å². The Kier molecular flexibility index (Phi) is 7.99. The van der Waals surface area contributed by atoms with Gasteiger partial charge in [-0.05, 0) is 55.3 Å². The lowest BCUT2D eigenvalue weighted by atomic mass is 10.1. The van der Waals surface area contributed by atoms with Crippen LogP contribution in [0.15, 0.2) is 48.5 Å². The van der Waals surface area contributed by atoms with E-state index >= 15 is 0 Å². The summed E-state index contributed by atoms with van der Waals surface area (Å²) in [5.74, 6) is -0.372. The Hall–Kier alpha value is -2.70. The van der Waals surface area contributed by atoms with Gasteiger partial charge < -0.3 is 19.9 Å². The molecule has 0 radical (unpaired) electrons. The number of hydrogen-bond donors (Lipinski definition) is 1. The molecule has 1 N–H and O–H groups in total. The number of esters is 1. The van der Waals surface area contributed by atoms with Crippen LogP contribution in [0, 0.1) is 0 Å². The molecule has 0 spiro atoms. The van der Waals surface area contributed by atoms with Crippen molar-refractivity contribution in [3.8, 4) is 0 Å². The fraction of sp³-hybridized carbons (Fsp3) is 0.417. The molecule has 1 aliphatic heterocycles. The normalized spacial score (nSPS) is 15.0. The summed E-state index contributed by atoms with van der Waals surface area (Å²) in [6, 6.07) is 15.3. The summed E-state index contributed by atoms with van der Waals surface area (Å²) >= 11 is 0. The molecule has 3 rings (SSSR count). The van der Waals surface area contributed by atoms with Crippen LogP contribution in [0.1, 0.15) is 27.9 Å². The van der Waals surface area contributed by atoms with E-state index in [4.69, 9.17) is 4.74 Å². The van der Waals surface area contributed by atoms with Gasteiger partial charge in [-0.1, -0.05) is 24.3 Å². The zero-order valence-corrected chi connectivity index (χ0v) is 17.9. The van der Waals surface area contributed by atoms with E-state index in [0.29, 0.717) is 18.4 Å². The minimum absolute atomic E-state index is 0.0165. The van der Waals surface area contributed by atoms with Crippen molar-refractivity contribution >= 4 is 17.6 Å². The van der Waals surface area contributed by atoms with E-state index in [0.717, 1.165) is 50.4 Å². The second-order valence-corrected chi connectivity index (χ2v) is 7.83. The first-order valence-corrected chi connectivity index (χ1v) is 10.5. The molecular formula is C24H31N3O3. The van der Waals surface area contributed by atoms with Crippen LogP contribution < -0.4 is 5.32 Å². The predicted octanol–water partition coefficient (Wildman–Crippen LogP) is 2.83. The van der Waals surface area contributed by atoms with Gasteiger partial charge in [0, 0.05) is 44.8 Å². The lowest BCUT2D eigenvalue weighted by Gasteiger charge is -2.32. The molecule has 30 heavy (non-hydrogen) atoms. The highest BCUT2D eigenvalue weighted by Gasteiger charge is 2.13. The summed E-state index contributed by atoms with van der Waals surface area (Å²) in [5, 5.41) is 2.96. The third kappa shape index (κ3) is 6.68. The Balaban J connectivity index is 1.40. The predicted molar refractivity (Wildman–Crippen MR) is 119 cm³/mol. The number of methoxy groups -OCH3 is 1. The number of amides is 1. The number of nitrogens with one attached hydrogen (secondary N) is 1. The Labute approximate surface area is 178 Å². The Morgan fingerprint density at radius 1 is 0.900 bits per heavy atom. The summed E-state index contributed by atoms with van der Waals surface area (Å²) in [5.41, 5.74) is 3.64. The number of hydrogen-bond acceptors (Lipinski definition) is 5. The maximum atomic E-state index is 12.3. The first kappa shape index (κ1) is 22.0. The van der Waals surface area contributed by atoms with Crippen molar-refractivity contribution in [3.05, 3.63) is 65.2 Å². The Bertz CT molecular complexity index is 826. The number of benzene rings is 2. The summed E-state index contributed by atoms with van der Waals surface area (Å²) in [6.07, 6.45) is 2.04. The van der Waals surface area contributed by atoms with Gasteiger partial charge >= 0.3 is 5.97 Å². The third-order valence-corrected chi connectivity index (χ3v) is 5.57. The summed E-state index contributed by atoms with van der Waals surface area (Å²) in [6.45, 7) is 5.63. The first-order valence-electron chi connectivity index (χ1n) is 10.5. The molecule has 1 heterocycles. The Morgan fingerprint density at radius 3 is 2.13 bits per heavy atom. The van der Waals surface area contributed by atoms with Crippen molar-refractivity contribution < 1.29 is 14.3 Å². The maximum absolute atomic E-state index is 12.3. The van der Waals surface area contributed by atoms with Crippen LogP contribution in [0.4, 0.5) is 5.69 Å². The van der Waals surface area contributed by atoms with Crippen LogP contribution >= 0.6 is 0 Å². The fourth-order valence-corrected chi connectivity index (χ4v) is 3.52. The number of rotatable bonds is 8. The molecular weight excluding hydrogens is 378 g/mol. The van der Waals surface area contributed by atoms with Gasteiger partial charge in [0.05, 0.1) is 12.7 Å². The first-order chi connectivity index (χ1) is 14.5. The molecule has 160 valence electrons. The van der Waals surface area contributed by atoms with Gasteiger partial charge in [0.2, 0.25) is 5.91 Å². The fourth-order valence-electron chi connectivity index (χ4n) is 3.52. The largest absolute Gasteiger partial charge is 0.465 e. The van der Waals surface area contributed by atoms with Crippen LogP contribution in [-0.4, -0.2) is 68.6 Å². The SMILES string of the molecule is COC(=O)c1ccc(CCC(=O)Nc2ccc(CCN3CCN(C)CC3)cc2)cc1. The van der Waals surface area contributed by atoms with E-state index in [1.165, 1.54) is 12.7 Å². The zero-order chi connectivity index (χ0) is 21.3. The van der Waals surface area contributed by atoms with E-state index in [9.17, 15) is 9.59 Å². The van der Waals surface area contributed by atoms with Crippen LogP contribution in [0.25, 0.3) is 0 Å². The molecule has 0 aromatic heterocycles. The summed E-state index contributed by atoms with van der Waals surface area (Å²) in [7, 11) is 3.53. The number of nitrogens with zero attached hydrogens (tertiary/aromatic N) is 2. The lowest BCUT2D eigenvalue weighted by Crippen LogP contribution is -2.45. The quantitative estimate of drug-likeness (QED) is 0.680. The zero-order valence-electron chi connectivity index (χ0n) is 17.9. The number of aryl methyl sites for hydroxylation is 1. The molecule has 2 aromatic rings. The van der Waals surface area contributed by atoms with Gasteiger partial charge in [-0.3, -0.25) is 4.79 Å². The second kappa shape index (κ2) is 10.9. The number of carbonyl (C=O) groups excluding carboxylic acids is 2. The van der Waals surface area contributed by atoms with Gasteiger partial charge in [0.1, 0.15) is 0 Å². The average molecular weight is 410 g/mol. The van der Waals surface area contributed by atoms with Crippen molar-refractivity contribution in [3.63, 3.8) is 0 Å². The molecule has 0 atom stereocenters. The number of anilines is 1. The van der Waals surface area contributed by atoms with Gasteiger partial charge in [-0.25, -0.2) is 4.79 Å². The molecule has 0 aliphatic carbocycles. The molecule has 6 nitrogen and oxygen atoms in total. The second-order valence-electron chi connectivity index (χ2n) is 7.83. The van der Waals surface area contributed by atoms with Gasteiger partial charge in [0.25, 0.3) is 0 Å². The van der Waals surface area contributed by atoms with Crippen LogP contribution in [-0.2, 0) is 22.4 Å². The van der Waals surface area contributed by atoms with Gasteiger partial charge in [-0.2, -0.15) is 0 Å². The molecule has 2 aromatic carbocycles. The number of piperazine rings is 1.